The van der Waals surface area contributed by atoms with Crippen LogP contribution >= 0.6 is 11.5 Å². The van der Waals surface area contributed by atoms with E-state index in [0.717, 1.165) is 38.5 Å². The number of fused-ring (bicyclic) bond motifs is 1. The second-order valence-electron chi connectivity index (χ2n) is 4.77. The number of rotatable bonds is 4. The Bertz CT molecular complexity index is 828. The standard InChI is InChI=1S/C16H16N4OS/c1-10-9-13(19-20-14-7-8-18-22-14)15-11(16(10)21-3)5-4-6-12(15)17-2/h4-9,17H,1-3H3. The number of hydrogen-bond acceptors (Lipinski definition) is 6. The van der Waals surface area contributed by atoms with E-state index < -0.39 is 0 Å². The smallest absolute Gasteiger partial charge is 0.158 e. The van der Waals surface area contributed by atoms with Crippen LogP contribution in [0.5, 0.6) is 5.75 Å². The molecule has 0 unspecified atom stereocenters. The second kappa shape index (κ2) is 6.11. The van der Waals surface area contributed by atoms with Crippen LogP contribution in [0.3, 0.4) is 0 Å². The number of nitrogens with one attached hydrogen (secondary N) is 1. The van der Waals surface area contributed by atoms with Gasteiger partial charge in [0.05, 0.1) is 12.8 Å². The van der Waals surface area contributed by atoms with Crippen LogP contribution in [0.25, 0.3) is 10.8 Å². The Morgan fingerprint density at radius 2 is 2.09 bits per heavy atom. The normalized spacial score (nSPS) is 11.2. The van der Waals surface area contributed by atoms with Crippen LogP contribution < -0.4 is 10.1 Å². The summed E-state index contributed by atoms with van der Waals surface area (Å²) in [7, 11) is 3.58. The molecule has 1 heterocycles. The van der Waals surface area contributed by atoms with Gasteiger partial charge in [-0.05, 0) is 42.2 Å². The van der Waals surface area contributed by atoms with Gasteiger partial charge < -0.3 is 10.1 Å². The molecule has 6 heteroatoms. The molecule has 0 fully saturated rings. The summed E-state index contributed by atoms with van der Waals surface area (Å²) in [6.07, 6.45) is 1.72. The van der Waals surface area contributed by atoms with Gasteiger partial charge >= 0.3 is 0 Å². The molecule has 0 aliphatic rings. The third-order valence-electron chi connectivity index (χ3n) is 3.43. The minimum absolute atomic E-state index is 0.781. The molecule has 22 heavy (non-hydrogen) atoms. The van der Waals surface area contributed by atoms with Crippen LogP contribution in [0, 0.1) is 6.92 Å². The van der Waals surface area contributed by atoms with Crippen molar-refractivity contribution in [2.45, 2.75) is 6.92 Å². The summed E-state index contributed by atoms with van der Waals surface area (Å²) in [6, 6.07) is 9.88. The zero-order chi connectivity index (χ0) is 15.5. The Morgan fingerprint density at radius 3 is 2.77 bits per heavy atom. The molecule has 0 spiro atoms. The van der Waals surface area contributed by atoms with Crippen molar-refractivity contribution < 1.29 is 4.74 Å². The number of anilines is 1. The first-order valence-corrected chi connectivity index (χ1v) is 7.62. The Morgan fingerprint density at radius 1 is 1.23 bits per heavy atom. The number of hydrogen-bond donors (Lipinski definition) is 1. The van der Waals surface area contributed by atoms with E-state index in [9.17, 15) is 0 Å². The van der Waals surface area contributed by atoms with Crippen molar-refractivity contribution in [3.05, 3.63) is 42.1 Å². The summed E-state index contributed by atoms with van der Waals surface area (Å²) >= 11 is 1.32. The molecule has 112 valence electrons. The lowest BCUT2D eigenvalue weighted by molar-refractivity contribution is 0.417. The highest BCUT2D eigenvalue weighted by Gasteiger charge is 2.13. The van der Waals surface area contributed by atoms with Gasteiger partial charge in [-0.1, -0.05) is 12.1 Å². The van der Waals surface area contributed by atoms with E-state index in [1.165, 1.54) is 11.5 Å². The van der Waals surface area contributed by atoms with Crippen molar-refractivity contribution in [3.8, 4) is 5.75 Å². The Kier molecular flexibility index (Phi) is 4.02. The van der Waals surface area contributed by atoms with E-state index in [1.54, 1.807) is 13.3 Å². The SMILES string of the molecule is CNc1cccc2c(OC)c(C)cc(N=Nc3ccns3)c12. The first kappa shape index (κ1) is 14.5. The zero-order valence-corrected chi connectivity index (χ0v) is 13.4. The number of aromatic nitrogens is 1. The van der Waals surface area contributed by atoms with Gasteiger partial charge in [-0.25, -0.2) is 0 Å². The van der Waals surface area contributed by atoms with Gasteiger partial charge in [-0.15, -0.1) is 10.2 Å². The largest absolute Gasteiger partial charge is 0.496 e. The van der Waals surface area contributed by atoms with Crippen molar-refractivity contribution >= 4 is 38.7 Å². The maximum atomic E-state index is 5.56. The van der Waals surface area contributed by atoms with E-state index in [0.29, 0.717) is 0 Å². The molecular weight excluding hydrogens is 296 g/mol. The van der Waals surface area contributed by atoms with Crippen molar-refractivity contribution in [2.75, 3.05) is 19.5 Å². The Labute approximate surface area is 132 Å². The quantitative estimate of drug-likeness (QED) is 0.684. The summed E-state index contributed by atoms with van der Waals surface area (Å²) in [5, 5.41) is 14.7. The number of nitrogens with zero attached hydrogens (tertiary/aromatic N) is 3. The van der Waals surface area contributed by atoms with Crippen molar-refractivity contribution in [2.24, 2.45) is 10.2 Å². The van der Waals surface area contributed by atoms with Crippen molar-refractivity contribution in [3.63, 3.8) is 0 Å². The number of ether oxygens (including phenoxy) is 1. The van der Waals surface area contributed by atoms with Crippen LogP contribution in [0.2, 0.25) is 0 Å². The maximum absolute atomic E-state index is 5.56. The predicted octanol–water partition coefficient (Wildman–Crippen LogP) is 5.07. The molecule has 3 rings (SSSR count). The van der Waals surface area contributed by atoms with E-state index in [1.807, 2.05) is 44.3 Å². The molecule has 3 aromatic rings. The first-order valence-electron chi connectivity index (χ1n) is 6.85. The molecule has 5 nitrogen and oxygen atoms in total. The van der Waals surface area contributed by atoms with Gasteiger partial charge in [-0.2, -0.15) is 4.37 Å². The summed E-state index contributed by atoms with van der Waals surface area (Å²) in [6.45, 7) is 2.01. The fourth-order valence-electron chi connectivity index (χ4n) is 2.49. The van der Waals surface area contributed by atoms with Gasteiger partial charge in [0.1, 0.15) is 5.75 Å². The maximum Gasteiger partial charge on any atom is 0.158 e. The van der Waals surface area contributed by atoms with E-state index in [2.05, 4.69) is 19.9 Å². The molecule has 0 radical (unpaired) electrons. The van der Waals surface area contributed by atoms with Crippen LogP contribution in [0.1, 0.15) is 5.56 Å². The van der Waals surface area contributed by atoms with Crippen LogP contribution in [-0.4, -0.2) is 18.5 Å². The lowest BCUT2D eigenvalue weighted by Gasteiger charge is -2.14. The molecule has 0 saturated carbocycles. The fourth-order valence-corrected chi connectivity index (χ4v) is 2.92. The fraction of sp³-hybridized carbons (Fsp3) is 0.188. The number of azo groups is 1. The average molecular weight is 312 g/mol. The number of benzene rings is 2. The third-order valence-corrected chi connectivity index (χ3v) is 4.06. The molecule has 0 atom stereocenters. The van der Waals surface area contributed by atoms with Crippen LogP contribution in [-0.2, 0) is 0 Å². The average Bonchev–Trinajstić information content (AvgIpc) is 3.05. The Balaban J connectivity index is 2.25. The Hall–Kier alpha value is -2.47. The van der Waals surface area contributed by atoms with E-state index in [-0.39, 0.29) is 0 Å². The minimum Gasteiger partial charge on any atom is -0.496 e. The lowest BCUT2D eigenvalue weighted by Crippen LogP contribution is -1.93. The highest BCUT2D eigenvalue weighted by molar-refractivity contribution is 7.09. The summed E-state index contributed by atoms with van der Waals surface area (Å²) in [4.78, 5) is 0. The third kappa shape index (κ3) is 2.53. The zero-order valence-electron chi connectivity index (χ0n) is 12.6. The van der Waals surface area contributed by atoms with Crippen LogP contribution in [0.4, 0.5) is 16.4 Å². The summed E-state index contributed by atoms with van der Waals surface area (Å²) < 4.78 is 9.59. The molecule has 0 bridgehead atoms. The second-order valence-corrected chi connectivity index (χ2v) is 5.59. The number of aryl methyl sites for hydroxylation is 1. The first-order chi connectivity index (χ1) is 10.7. The molecule has 0 amide bonds. The summed E-state index contributed by atoms with van der Waals surface area (Å²) in [5.74, 6) is 0.865. The van der Waals surface area contributed by atoms with Crippen molar-refractivity contribution in [1.82, 2.24) is 4.37 Å². The molecular formula is C16H16N4OS. The summed E-state index contributed by atoms with van der Waals surface area (Å²) in [5.41, 5.74) is 2.84. The minimum atomic E-state index is 0.781. The highest BCUT2D eigenvalue weighted by atomic mass is 32.1. The van der Waals surface area contributed by atoms with Gasteiger partial charge in [0.2, 0.25) is 0 Å². The lowest BCUT2D eigenvalue weighted by atomic mass is 10.0. The molecule has 0 saturated heterocycles. The van der Waals surface area contributed by atoms with Crippen molar-refractivity contribution in [1.29, 1.82) is 0 Å². The monoisotopic (exact) mass is 312 g/mol. The topological polar surface area (TPSA) is 58.9 Å². The van der Waals surface area contributed by atoms with E-state index in [4.69, 9.17) is 4.74 Å². The molecule has 0 aliphatic heterocycles. The van der Waals surface area contributed by atoms with Gasteiger partial charge in [0.25, 0.3) is 0 Å². The van der Waals surface area contributed by atoms with E-state index >= 15 is 0 Å². The van der Waals surface area contributed by atoms with Gasteiger partial charge in [0, 0.05) is 29.7 Å². The number of methoxy groups -OCH3 is 1. The van der Waals surface area contributed by atoms with Gasteiger partial charge in [0.15, 0.2) is 5.00 Å². The van der Waals surface area contributed by atoms with Crippen LogP contribution in [0.15, 0.2) is 46.8 Å². The molecule has 0 aliphatic carbocycles. The predicted molar refractivity (Wildman–Crippen MR) is 91.1 cm³/mol. The highest BCUT2D eigenvalue weighted by Crippen LogP contribution is 2.41. The molecule has 1 aromatic heterocycles. The molecule has 1 N–H and O–H groups in total. The van der Waals surface area contributed by atoms with Gasteiger partial charge in [-0.3, -0.25) is 0 Å². The molecule has 2 aromatic carbocycles.